The summed E-state index contributed by atoms with van der Waals surface area (Å²) in [5.74, 6) is -0.509. The molecule has 2 aromatic rings. The highest BCUT2D eigenvalue weighted by molar-refractivity contribution is 5.99. The van der Waals surface area contributed by atoms with E-state index in [-0.39, 0.29) is 49.5 Å². The van der Waals surface area contributed by atoms with Crippen LogP contribution in [0.25, 0.3) is 0 Å². The molecule has 0 bridgehead atoms. The molecule has 9 heteroatoms. The molecule has 1 aliphatic carbocycles. The number of halogens is 4. The van der Waals surface area contributed by atoms with Crippen molar-refractivity contribution in [2.75, 3.05) is 42.7 Å². The van der Waals surface area contributed by atoms with Crippen molar-refractivity contribution >= 4 is 23.0 Å². The molecule has 2 aliphatic heterocycles. The summed E-state index contributed by atoms with van der Waals surface area (Å²) in [6.07, 6.45) is 0.908. The molecule has 2 unspecified atom stereocenters. The molecule has 1 saturated carbocycles. The summed E-state index contributed by atoms with van der Waals surface area (Å²) in [5.41, 5.74) is 1.79. The average Bonchev–Trinajstić information content (AvgIpc) is 3.33. The predicted octanol–water partition coefficient (Wildman–Crippen LogP) is 6.69. The van der Waals surface area contributed by atoms with Crippen LogP contribution in [0.2, 0.25) is 0 Å². The molecule has 1 saturated heterocycles. The smallest absolute Gasteiger partial charge is 0.373 e. The second-order valence-corrected chi connectivity index (χ2v) is 11.6. The van der Waals surface area contributed by atoms with Gasteiger partial charge in [0.05, 0.1) is 0 Å². The highest BCUT2D eigenvalue weighted by atomic mass is 19.4. The van der Waals surface area contributed by atoms with Crippen molar-refractivity contribution in [2.45, 2.75) is 75.5 Å². The Hall–Kier alpha value is -2.81. The zero-order valence-electron chi connectivity index (χ0n) is 22.9. The summed E-state index contributed by atoms with van der Waals surface area (Å²) in [6.45, 7) is 2.45. The van der Waals surface area contributed by atoms with E-state index >= 15 is 4.39 Å². The van der Waals surface area contributed by atoms with E-state index in [1.807, 2.05) is 30.0 Å². The Morgan fingerprint density at radius 3 is 2.41 bits per heavy atom. The van der Waals surface area contributed by atoms with Crippen molar-refractivity contribution in [3.05, 3.63) is 53.3 Å². The molecule has 212 valence electrons. The molecular formula is C30H38F4N4O. The lowest BCUT2D eigenvalue weighted by molar-refractivity contribution is -0.231. The van der Waals surface area contributed by atoms with Crippen molar-refractivity contribution in [3.8, 4) is 0 Å². The van der Waals surface area contributed by atoms with Crippen LogP contribution in [0, 0.1) is 18.7 Å². The number of alkyl halides is 3. The summed E-state index contributed by atoms with van der Waals surface area (Å²) in [4.78, 5) is 16.9. The van der Waals surface area contributed by atoms with E-state index in [0.29, 0.717) is 11.3 Å². The first-order valence-corrected chi connectivity index (χ1v) is 14.0. The highest BCUT2D eigenvalue weighted by Crippen LogP contribution is 2.48. The minimum atomic E-state index is -4.31. The van der Waals surface area contributed by atoms with E-state index < -0.39 is 17.8 Å². The standard InChI is InChI=1S/C30H38F4N4O/c1-19-12-13-23(31)25-24(20-8-5-4-6-9-20)27(36-26(19)25)28(39)35-21-10-7-11-22(18-21)38-16-14-29(15-17-38,37(2)3)30(32,33)34/h7,10-13,18,20,24,27,36H,4-6,8-9,14-17H2,1-3H3,(H,35,39). The normalized spacial score (nSPS) is 23.4. The maximum absolute atomic E-state index is 15.1. The van der Waals surface area contributed by atoms with Crippen molar-refractivity contribution in [1.82, 2.24) is 4.90 Å². The van der Waals surface area contributed by atoms with Crippen molar-refractivity contribution in [1.29, 1.82) is 0 Å². The van der Waals surface area contributed by atoms with Crippen LogP contribution in [0.1, 0.15) is 62.0 Å². The van der Waals surface area contributed by atoms with Gasteiger partial charge in [-0.1, -0.05) is 31.4 Å². The largest absolute Gasteiger partial charge is 0.406 e. The van der Waals surface area contributed by atoms with E-state index in [1.54, 1.807) is 12.1 Å². The summed E-state index contributed by atoms with van der Waals surface area (Å²) in [5, 5.41) is 6.38. The van der Waals surface area contributed by atoms with Gasteiger partial charge in [0.1, 0.15) is 17.4 Å². The van der Waals surface area contributed by atoms with Crippen LogP contribution in [-0.4, -0.2) is 55.7 Å². The lowest BCUT2D eigenvalue weighted by atomic mass is 9.74. The molecule has 0 radical (unpaired) electrons. The Balaban J connectivity index is 1.33. The molecule has 1 amide bonds. The van der Waals surface area contributed by atoms with Crippen LogP contribution >= 0.6 is 0 Å². The molecule has 0 aromatic heterocycles. The number of carbonyl (C=O) groups is 1. The fourth-order valence-electron chi connectivity index (χ4n) is 6.98. The summed E-state index contributed by atoms with van der Waals surface area (Å²) < 4.78 is 56.9. The van der Waals surface area contributed by atoms with Gasteiger partial charge in [0.2, 0.25) is 5.91 Å². The number of aryl methyl sites for hydroxylation is 1. The lowest BCUT2D eigenvalue weighted by Gasteiger charge is -2.47. The zero-order valence-corrected chi connectivity index (χ0v) is 22.9. The summed E-state index contributed by atoms with van der Waals surface area (Å²) >= 11 is 0. The molecule has 2 aromatic carbocycles. The third kappa shape index (κ3) is 5.10. The van der Waals surface area contributed by atoms with E-state index in [9.17, 15) is 18.0 Å². The van der Waals surface area contributed by atoms with Crippen molar-refractivity contribution < 1.29 is 22.4 Å². The Morgan fingerprint density at radius 1 is 1.08 bits per heavy atom. The summed E-state index contributed by atoms with van der Waals surface area (Å²) in [6, 6.07) is 9.92. The Kier molecular flexibility index (Phi) is 7.57. The maximum Gasteiger partial charge on any atom is 0.406 e. The molecule has 2 fully saturated rings. The second-order valence-electron chi connectivity index (χ2n) is 11.6. The van der Waals surface area contributed by atoms with E-state index in [4.69, 9.17) is 0 Å². The first kappa shape index (κ1) is 27.7. The molecule has 2 N–H and O–H groups in total. The minimum absolute atomic E-state index is 0.0294. The molecule has 2 atom stereocenters. The van der Waals surface area contributed by atoms with Crippen LogP contribution in [0.15, 0.2) is 36.4 Å². The van der Waals surface area contributed by atoms with Gasteiger partial charge < -0.3 is 15.5 Å². The fraction of sp³-hybridized carbons (Fsp3) is 0.567. The maximum atomic E-state index is 15.1. The highest BCUT2D eigenvalue weighted by Gasteiger charge is 2.57. The topological polar surface area (TPSA) is 47.6 Å². The molecule has 5 rings (SSSR count). The number of amides is 1. The zero-order chi connectivity index (χ0) is 27.9. The minimum Gasteiger partial charge on any atom is -0.373 e. The van der Waals surface area contributed by atoms with Gasteiger partial charge in [0.15, 0.2) is 0 Å². The van der Waals surface area contributed by atoms with Crippen LogP contribution in [0.5, 0.6) is 0 Å². The molecule has 3 aliphatic rings. The predicted molar refractivity (Wildman–Crippen MR) is 147 cm³/mol. The molecule has 5 nitrogen and oxygen atoms in total. The monoisotopic (exact) mass is 546 g/mol. The van der Waals surface area contributed by atoms with E-state index in [0.717, 1.165) is 42.6 Å². The Labute approximate surface area is 227 Å². The number of nitrogens with one attached hydrogen (secondary N) is 2. The van der Waals surface area contributed by atoms with E-state index in [1.165, 1.54) is 31.5 Å². The molecular weight excluding hydrogens is 508 g/mol. The van der Waals surface area contributed by atoms with Gasteiger partial charge in [0, 0.05) is 41.6 Å². The van der Waals surface area contributed by atoms with Gasteiger partial charge in [-0.2, -0.15) is 13.2 Å². The Bertz CT molecular complexity index is 1200. The number of carbonyl (C=O) groups excluding carboxylic acids is 1. The number of hydrogen-bond acceptors (Lipinski definition) is 4. The third-order valence-electron chi connectivity index (χ3n) is 9.29. The number of hydrogen-bond donors (Lipinski definition) is 2. The number of fused-ring (bicyclic) bond motifs is 1. The number of benzene rings is 2. The number of rotatable bonds is 5. The van der Waals surface area contributed by atoms with Crippen LogP contribution in [0.3, 0.4) is 0 Å². The number of anilines is 3. The SMILES string of the molecule is Cc1ccc(F)c2c1NC(C(=O)Nc1cccc(N3CCC(N(C)C)(C(F)(F)F)CC3)c1)C2C1CCCCC1. The van der Waals surface area contributed by atoms with Gasteiger partial charge >= 0.3 is 6.18 Å². The summed E-state index contributed by atoms with van der Waals surface area (Å²) in [7, 11) is 2.98. The van der Waals surface area contributed by atoms with Crippen molar-refractivity contribution in [3.63, 3.8) is 0 Å². The van der Waals surface area contributed by atoms with Crippen LogP contribution < -0.4 is 15.5 Å². The van der Waals surface area contributed by atoms with Gasteiger partial charge in [0.25, 0.3) is 0 Å². The number of nitrogens with zero attached hydrogens (tertiary/aromatic N) is 2. The quantitative estimate of drug-likeness (QED) is 0.410. The van der Waals surface area contributed by atoms with Gasteiger partial charge in [-0.3, -0.25) is 9.69 Å². The van der Waals surface area contributed by atoms with Gasteiger partial charge in [-0.15, -0.1) is 0 Å². The third-order valence-corrected chi connectivity index (χ3v) is 9.29. The van der Waals surface area contributed by atoms with Crippen LogP contribution in [0.4, 0.5) is 34.6 Å². The second kappa shape index (κ2) is 10.6. The van der Waals surface area contributed by atoms with E-state index in [2.05, 4.69) is 10.6 Å². The van der Waals surface area contributed by atoms with Crippen molar-refractivity contribution in [2.24, 2.45) is 5.92 Å². The first-order valence-electron chi connectivity index (χ1n) is 14.0. The number of piperidine rings is 1. The molecule has 0 spiro atoms. The van der Waals surface area contributed by atoms with Gasteiger partial charge in [-0.25, -0.2) is 4.39 Å². The first-order chi connectivity index (χ1) is 18.5. The van der Waals surface area contributed by atoms with Crippen LogP contribution in [-0.2, 0) is 4.79 Å². The molecule has 2 heterocycles. The Morgan fingerprint density at radius 2 is 1.77 bits per heavy atom. The molecule has 39 heavy (non-hydrogen) atoms. The average molecular weight is 547 g/mol. The van der Waals surface area contributed by atoms with Gasteiger partial charge in [-0.05, 0) is 82.4 Å². The lowest BCUT2D eigenvalue weighted by Crippen LogP contribution is -2.61. The fourth-order valence-corrected chi connectivity index (χ4v) is 6.98.